The van der Waals surface area contributed by atoms with Crippen molar-refractivity contribution in [3.8, 4) is 0 Å². The molecule has 1 aliphatic rings. The highest BCUT2D eigenvalue weighted by Gasteiger charge is 2.18. The van der Waals surface area contributed by atoms with Gasteiger partial charge < -0.3 is 20.1 Å². The fourth-order valence-corrected chi connectivity index (χ4v) is 1.76. The first-order chi connectivity index (χ1) is 8.90. The van der Waals surface area contributed by atoms with Crippen molar-refractivity contribution in [2.45, 2.75) is 45.3 Å². The van der Waals surface area contributed by atoms with Crippen molar-refractivity contribution in [1.82, 2.24) is 10.6 Å². The second-order valence-electron chi connectivity index (χ2n) is 5.54. The van der Waals surface area contributed by atoms with E-state index in [0.717, 1.165) is 26.1 Å². The van der Waals surface area contributed by atoms with E-state index in [2.05, 4.69) is 15.6 Å². The van der Waals surface area contributed by atoms with Crippen LogP contribution in [0.2, 0.25) is 0 Å². The molecule has 1 rings (SSSR count). The van der Waals surface area contributed by atoms with E-state index in [0.29, 0.717) is 12.0 Å². The number of esters is 1. The van der Waals surface area contributed by atoms with Crippen LogP contribution in [0.25, 0.3) is 0 Å². The molecule has 1 fully saturated rings. The summed E-state index contributed by atoms with van der Waals surface area (Å²) in [7, 11) is 1.68. The van der Waals surface area contributed by atoms with Crippen LogP contribution in [0.1, 0.15) is 33.6 Å². The molecule has 110 valence electrons. The van der Waals surface area contributed by atoms with Gasteiger partial charge in [0.1, 0.15) is 12.1 Å². The molecule has 0 amide bonds. The molecular formula is C13H25N3O3. The standard InChI is InChI=1S/C13H25N3O3/c1-13(2,3)19-11(17)9-15-12(14-4)16-10-5-7-18-8-6-10/h10H,5-9H2,1-4H3,(H2,14,15,16). The van der Waals surface area contributed by atoms with Crippen LogP contribution in [0, 0.1) is 0 Å². The molecule has 0 radical (unpaired) electrons. The second kappa shape index (κ2) is 7.33. The van der Waals surface area contributed by atoms with Crippen LogP contribution in [0.3, 0.4) is 0 Å². The van der Waals surface area contributed by atoms with Gasteiger partial charge in [0.15, 0.2) is 5.96 Å². The summed E-state index contributed by atoms with van der Waals surface area (Å²) in [5, 5.41) is 6.24. The van der Waals surface area contributed by atoms with Gasteiger partial charge in [0.05, 0.1) is 0 Å². The minimum Gasteiger partial charge on any atom is -0.459 e. The summed E-state index contributed by atoms with van der Waals surface area (Å²) in [6.45, 7) is 7.18. The van der Waals surface area contributed by atoms with E-state index in [1.165, 1.54) is 0 Å². The summed E-state index contributed by atoms with van der Waals surface area (Å²) in [5.74, 6) is 0.334. The van der Waals surface area contributed by atoms with E-state index in [1.54, 1.807) is 7.05 Å². The Morgan fingerprint density at radius 1 is 1.37 bits per heavy atom. The van der Waals surface area contributed by atoms with Crippen molar-refractivity contribution >= 4 is 11.9 Å². The molecule has 0 spiro atoms. The van der Waals surface area contributed by atoms with Crippen molar-refractivity contribution in [3.63, 3.8) is 0 Å². The zero-order valence-electron chi connectivity index (χ0n) is 12.3. The van der Waals surface area contributed by atoms with Crippen molar-refractivity contribution in [3.05, 3.63) is 0 Å². The molecular weight excluding hydrogens is 246 g/mol. The van der Waals surface area contributed by atoms with Gasteiger partial charge in [0.2, 0.25) is 0 Å². The first-order valence-electron chi connectivity index (χ1n) is 6.67. The number of aliphatic imine (C=N–C) groups is 1. The number of nitrogens with zero attached hydrogens (tertiary/aromatic N) is 1. The Kier molecular flexibility index (Phi) is 6.08. The van der Waals surface area contributed by atoms with Gasteiger partial charge in [0.25, 0.3) is 0 Å². The van der Waals surface area contributed by atoms with Gasteiger partial charge in [0, 0.05) is 26.3 Å². The highest BCUT2D eigenvalue weighted by atomic mass is 16.6. The van der Waals surface area contributed by atoms with Crippen LogP contribution in [0.15, 0.2) is 4.99 Å². The van der Waals surface area contributed by atoms with Gasteiger partial charge in [-0.25, -0.2) is 0 Å². The largest absolute Gasteiger partial charge is 0.459 e. The van der Waals surface area contributed by atoms with E-state index >= 15 is 0 Å². The zero-order valence-corrected chi connectivity index (χ0v) is 12.3. The number of guanidine groups is 1. The molecule has 0 saturated carbocycles. The van der Waals surface area contributed by atoms with Crippen molar-refractivity contribution in [1.29, 1.82) is 0 Å². The quantitative estimate of drug-likeness (QED) is 0.448. The van der Waals surface area contributed by atoms with Crippen molar-refractivity contribution in [2.24, 2.45) is 4.99 Å². The molecule has 0 aromatic heterocycles. The number of rotatable bonds is 3. The molecule has 0 aromatic rings. The van der Waals surface area contributed by atoms with Crippen LogP contribution in [0.5, 0.6) is 0 Å². The third-order valence-electron chi connectivity index (χ3n) is 2.61. The van der Waals surface area contributed by atoms with E-state index in [-0.39, 0.29) is 12.5 Å². The monoisotopic (exact) mass is 271 g/mol. The molecule has 6 nitrogen and oxygen atoms in total. The maximum atomic E-state index is 11.6. The lowest BCUT2D eigenvalue weighted by Crippen LogP contribution is -2.47. The van der Waals surface area contributed by atoms with Crippen molar-refractivity contribution < 1.29 is 14.3 Å². The number of nitrogens with one attached hydrogen (secondary N) is 2. The summed E-state index contributed by atoms with van der Waals surface area (Å²) in [5.41, 5.74) is -0.462. The van der Waals surface area contributed by atoms with Gasteiger partial charge >= 0.3 is 5.97 Å². The number of carbonyl (C=O) groups excluding carboxylic acids is 1. The van der Waals surface area contributed by atoms with E-state index in [9.17, 15) is 4.79 Å². The first kappa shape index (κ1) is 15.8. The second-order valence-corrected chi connectivity index (χ2v) is 5.54. The fraction of sp³-hybridized carbons (Fsp3) is 0.846. The summed E-state index contributed by atoms with van der Waals surface area (Å²) in [6.07, 6.45) is 1.90. The lowest BCUT2D eigenvalue weighted by molar-refractivity contribution is -0.153. The van der Waals surface area contributed by atoms with Crippen LogP contribution in [0.4, 0.5) is 0 Å². The lowest BCUT2D eigenvalue weighted by Gasteiger charge is -2.25. The lowest BCUT2D eigenvalue weighted by atomic mass is 10.1. The molecule has 19 heavy (non-hydrogen) atoms. The fourth-order valence-electron chi connectivity index (χ4n) is 1.76. The smallest absolute Gasteiger partial charge is 0.325 e. The summed E-state index contributed by atoms with van der Waals surface area (Å²) in [4.78, 5) is 15.7. The van der Waals surface area contributed by atoms with E-state index in [1.807, 2.05) is 20.8 Å². The Hall–Kier alpha value is -1.30. The predicted molar refractivity (Wildman–Crippen MR) is 74.2 cm³/mol. The Morgan fingerprint density at radius 3 is 2.53 bits per heavy atom. The molecule has 6 heteroatoms. The molecule has 0 unspecified atom stereocenters. The summed E-state index contributed by atoms with van der Waals surface area (Å²) >= 11 is 0. The number of hydrogen-bond acceptors (Lipinski definition) is 4. The predicted octanol–water partition coefficient (Wildman–Crippen LogP) is 0.672. The topological polar surface area (TPSA) is 72.0 Å². The Bertz CT molecular complexity index is 318. The van der Waals surface area contributed by atoms with E-state index < -0.39 is 5.60 Å². The minimum atomic E-state index is -0.462. The average Bonchev–Trinajstić information content (AvgIpc) is 2.33. The third kappa shape index (κ3) is 7.00. The van der Waals surface area contributed by atoms with Gasteiger partial charge in [-0.2, -0.15) is 0 Å². The normalized spacial score (nSPS) is 18.0. The van der Waals surface area contributed by atoms with Gasteiger partial charge in [-0.05, 0) is 33.6 Å². The Balaban J connectivity index is 2.30. The third-order valence-corrected chi connectivity index (χ3v) is 2.61. The maximum Gasteiger partial charge on any atom is 0.325 e. The molecule has 2 N–H and O–H groups in total. The summed E-state index contributed by atoms with van der Waals surface area (Å²) < 4.78 is 10.5. The van der Waals surface area contributed by atoms with Crippen LogP contribution in [-0.2, 0) is 14.3 Å². The van der Waals surface area contributed by atoms with Crippen LogP contribution < -0.4 is 10.6 Å². The van der Waals surface area contributed by atoms with Crippen LogP contribution in [-0.4, -0.2) is 50.4 Å². The SMILES string of the molecule is CN=C(NCC(=O)OC(C)(C)C)NC1CCOCC1. The first-order valence-corrected chi connectivity index (χ1v) is 6.67. The molecule has 0 atom stereocenters. The maximum absolute atomic E-state index is 11.6. The molecule has 1 saturated heterocycles. The summed E-state index contributed by atoms with van der Waals surface area (Å²) in [6, 6.07) is 0.346. The van der Waals surface area contributed by atoms with Gasteiger partial charge in [-0.15, -0.1) is 0 Å². The van der Waals surface area contributed by atoms with Gasteiger partial charge in [-0.1, -0.05) is 0 Å². The molecule has 1 heterocycles. The Morgan fingerprint density at radius 2 is 2.00 bits per heavy atom. The molecule has 0 bridgehead atoms. The molecule has 0 aliphatic carbocycles. The average molecular weight is 271 g/mol. The number of ether oxygens (including phenoxy) is 2. The van der Waals surface area contributed by atoms with Crippen molar-refractivity contribution in [2.75, 3.05) is 26.8 Å². The molecule has 0 aromatic carbocycles. The minimum absolute atomic E-state index is 0.111. The van der Waals surface area contributed by atoms with Crippen LogP contribution >= 0.6 is 0 Å². The Labute approximate surface area is 114 Å². The highest BCUT2D eigenvalue weighted by molar-refractivity contribution is 5.84. The zero-order chi connectivity index (χ0) is 14.3. The highest BCUT2D eigenvalue weighted by Crippen LogP contribution is 2.07. The molecule has 1 aliphatic heterocycles. The van der Waals surface area contributed by atoms with E-state index in [4.69, 9.17) is 9.47 Å². The number of hydrogen-bond donors (Lipinski definition) is 2. The number of carbonyl (C=O) groups is 1. The van der Waals surface area contributed by atoms with Gasteiger partial charge in [-0.3, -0.25) is 9.79 Å².